The number of amides is 1. The first kappa shape index (κ1) is 16.3. The van der Waals surface area contributed by atoms with Crippen LogP contribution >= 0.6 is 0 Å². The Morgan fingerprint density at radius 2 is 2.23 bits per heavy atom. The number of carbonyl (C=O) groups is 3. The molecule has 0 aromatic rings. The summed E-state index contributed by atoms with van der Waals surface area (Å²) >= 11 is 0. The number of carbonyl (C=O) groups excluding carboxylic acids is 3. The Balaban J connectivity index is 1.78. The van der Waals surface area contributed by atoms with E-state index in [9.17, 15) is 14.4 Å². The van der Waals surface area contributed by atoms with Gasteiger partial charge in [-0.2, -0.15) is 0 Å². The predicted molar refractivity (Wildman–Crippen MR) is 72.8 cm³/mol. The van der Waals surface area contributed by atoms with Gasteiger partial charge in [0.1, 0.15) is 12.7 Å². The number of esters is 2. The van der Waals surface area contributed by atoms with E-state index in [1.54, 1.807) is 0 Å². The molecule has 0 radical (unpaired) electrons. The summed E-state index contributed by atoms with van der Waals surface area (Å²) in [5.74, 6) is -1.02. The summed E-state index contributed by atoms with van der Waals surface area (Å²) in [6, 6.07) is 0. The topological polar surface area (TPSA) is 100 Å². The van der Waals surface area contributed by atoms with Gasteiger partial charge in [-0.25, -0.2) is 9.59 Å². The summed E-state index contributed by atoms with van der Waals surface area (Å²) in [4.78, 5) is 34.1. The highest BCUT2D eigenvalue weighted by Gasteiger charge is 2.50. The third-order valence-corrected chi connectivity index (χ3v) is 3.70. The van der Waals surface area contributed by atoms with Crippen LogP contribution < -0.4 is 5.32 Å². The third-order valence-electron chi connectivity index (χ3n) is 3.70. The Morgan fingerprint density at radius 1 is 1.45 bits per heavy atom. The largest absolute Gasteiger partial charge is 0.461 e. The Kier molecular flexibility index (Phi) is 5.37. The summed E-state index contributed by atoms with van der Waals surface area (Å²) in [5.41, 5.74) is 0. The van der Waals surface area contributed by atoms with Crippen molar-refractivity contribution in [1.82, 2.24) is 5.32 Å². The van der Waals surface area contributed by atoms with Crippen molar-refractivity contribution in [1.29, 1.82) is 0 Å². The summed E-state index contributed by atoms with van der Waals surface area (Å²) in [5, 5.41) is 2.45. The molecule has 1 N–H and O–H groups in total. The lowest BCUT2D eigenvalue weighted by Gasteiger charge is -2.32. The monoisotopic (exact) mass is 313 g/mol. The van der Waals surface area contributed by atoms with Gasteiger partial charge in [-0.15, -0.1) is 0 Å². The van der Waals surface area contributed by atoms with Gasteiger partial charge < -0.3 is 24.3 Å². The fourth-order valence-electron chi connectivity index (χ4n) is 2.63. The summed E-state index contributed by atoms with van der Waals surface area (Å²) in [7, 11) is 1.50. The van der Waals surface area contributed by atoms with E-state index in [1.807, 2.05) is 0 Å². The molecule has 4 unspecified atom stereocenters. The van der Waals surface area contributed by atoms with Crippen molar-refractivity contribution >= 4 is 18.0 Å². The Morgan fingerprint density at radius 3 is 2.91 bits per heavy atom. The second kappa shape index (κ2) is 7.26. The van der Waals surface area contributed by atoms with Gasteiger partial charge in [0, 0.05) is 19.6 Å². The van der Waals surface area contributed by atoms with Crippen molar-refractivity contribution in [2.24, 2.45) is 5.92 Å². The number of alkyl carbamates (subject to hydrolysis) is 1. The van der Waals surface area contributed by atoms with E-state index in [4.69, 9.17) is 18.9 Å². The first-order chi connectivity index (χ1) is 10.5. The normalized spacial score (nSPS) is 29.4. The van der Waals surface area contributed by atoms with Crippen LogP contribution in [-0.4, -0.2) is 56.6 Å². The number of hydrogen-bond donors (Lipinski definition) is 1. The SMILES string of the molecule is C=CC(=O)OCCNC(=O)OC1C(OC)CC2CC1OC2=O. The molecule has 2 fully saturated rings. The van der Waals surface area contributed by atoms with Crippen molar-refractivity contribution in [3.63, 3.8) is 0 Å². The summed E-state index contributed by atoms with van der Waals surface area (Å²) in [6.45, 7) is 3.38. The summed E-state index contributed by atoms with van der Waals surface area (Å²) < 4.78 is 20.5. The molecule has 2 aliphatic rings. The first-order valence-corrected chi connectivity index (χ1v) is 7.02. The fraction of sp³-hybridized carbons (Fsp3) is 0.643. The van der Waals surface area contributed by atoms with E-state index in [0.29, 0.717) is 12.8 Å². The Labute approximate surface area is 127 Å². The molecular formula is C14H19NO7. The molecule has 22 heavy (non-hydrogen) atoms. The number of hydrogen-bond acceptors (Lipinski definition) is 7. The predicted octanol–water partition coefficient (Wildman–Crippen LogP) is 0.161. The van der Waals surface area contributed by atoms with Gasteiger partial charge in [0.25, 0.3) is 0 Å². The van der Waals surface area contributed by atoms with Crippen LogP contribution in [0.3, 0.4) is 0 Å². The zero-order valence-corrected chi connectivity index (χ0v) is 12.3. The number of ether oxygens (including phenoxy) is 4. The molecule has 8 heteroatoms. The van der Waals surface area contributed by atoms with E-state index < -0.39 is 24.3 Å². The third kappa shape index (κ3) is 3.76. The lowest BCUT2D eigenvalue weighted by atomic mass is 9.86. The van der Waals surface area contributed by atoms with Gasteiger partial charge in [0.05, 0.1) is 18.6 Å². The molecule has 0 aromatic heterocycles. The zero-order valence-electron chi connectivity index (χ0n) is 12.3. The second-order valence-electron chi connectivity index (χ2n) is 5.09. The van der Waals surface area contributed by atoms with Crippen molar-refractivity contribution in [3.05, 3.63) is 12.7 Å². The average molecular weight is 313 g/mol. The summed E-state index contributed by atoms with van der Waals surface area (Å²) in [6.07, 6.45) is -0.116. The molecule has 1 saturated heterocycles. The van der Waals surface area contributed by atoms with E-state index in [1.165, 1.54) is 7.11 Å². The number of rotatable bonds is 6. The maximum atomic E-state index is 11.8. The molecule has 2 rings (SSSR count). The number of fused-ring (bicyclic) bond motifs is 2. The van der Waals surface area contributed by atoms with E-state index in [0.717, 1.165) is 6.08 Å². The van der Waals surface area contributed by atoms with Crippen LogP contribution in [0.1, 0.15) is 12.8 Å². The van der Waals surface area contributed by atoms with Gasteiger partial charge in [0.2, 0.25) is 0 Å². The first-order valence-electron chi connectivity index (χ1n) is 7.02. The van der Waals surface area contributed by atoms with E-state index >= 15 is 0 Å². The molecular weight excluding hydrogens is 294 g/mol. The van der Waals surface area contributed by atoms with Gasteiger partial charge in [-0.3, -0.25) is 4.79 Å². The lowest BCUT2D eigenvalue weighted by Crippen LogP contribution is -2.47. The number of methoxy groups -OCH3 is 1. The Hall–Kier alpha value is -2.09. The van der Waals surface area contributed by atoms with Gasteiger partial charge in [-0.05, 0) is 6.42 Å². The maximum Gasteiger partial charge on any atom is 0.407 e. The Bertz CT molecular complexity index is 464. The van der Waals surface area contributed by atoms with Crippen LogP contribution in [0.2, 0.25) is 0 Å². The zero-order chi connectivity index (χ0) is 16.1. The van der Waals surface area contributed by atoms with Crippen LogP contribution in [0.4, 0.5) is 4.79 Å². The van der Waals surface area contributed by atoms with Gasteiger partial charge in [0.15, 0.2) is 6.10 Å². The van der Waals surface area contributed by atoms with Crippen LogP contribution in [-0.2, 0) is 28.5 Å². The van der Waals surface area contributed by atoms with Crippen molar-refractivity contribution in [3.8, 4) is 0 Å². The molecule has 4 atom stereocenters. The van der Waals surface area contributed by atoms with Gasteiger partial charge in [-0.1, -0.05) is 6.58 Å². The van der Waals surface area contributed by atoms with Crippen molar-refractivity contribution < 1.29 is 33.3 Å². The molecule has 0 aromatic carbocycles. The van der Waals surface area contributed by atoms with E-state index in [2.05, 4.69) is 11.9 Å². The smallest absolute Gasteiger partial charge is 0.407 e. The van der Waals surface area contributed by atoms with Crippen LogP contribution in [0, 0.1) is 5.92 Å². The average Bonchev–Trinajstić information content (AvgIpc) is 2.82. The lowest BCUT2D eigenvalue weighted by molar-refractivity contribution is -0.147. The van der Waals surface area contributed by atoms with E-state index in [-0.39, 0.29) is 31.1 Å². The van der Waals surface area contributed by atoms with Crippen LogP contribution in [0.15, 0.2) is 12.7 Å². The highest BCUT2D eigenvalue weighted by atomic mass is 16.6. The standard InChI is InChI=1S/C14H19NO7/c1-3-11(16)20-5-4-15-14(18)22-12-9(19-2)6-8-7-10(12)21-13(8)17/h3,8-10,12H,1,4-7H2,2H3,(H,15,18). The minimum atomic E-state index is -0.678. The second-order valence-corrected chi connectivity index (χ2v) is 5.09. The molecule has 1 aliphatic carbocycles. The van der Waals surface area contributed by atoms with Gasteiger partial charge >= 0.3 is 18.0 Å². The van der Waals surface area contributed by atoms with Crippen LogP contribution in [0.5, 0.6) is 0 Å². The van der Waals surface area contributed by atoms with Crippen molar-refractivity contribution in [2.75, 3.05) is 20.3 Å². The molecule has 0 spiro atoms. The molecule has 1 heterocycles. The number of nitrogens with one attached hydrogen (secondary N) is 1. The fourth-order valence-corrected chi connectivity index (χ4v) is 2.63. The minimum absolute atomic E-state index is 0.0127. The minimum Gasteiger partial charge on any atom is -0.461 e. The molecule has 2 bridgehead atoms. The molecule has 8 nitrogen and oxygen atoms in total. The highest BCUT2D eigenvalue weighted by molar-refractivity contribution is 5.81. The molecule has 1 amide bonds. The quantitative estimate of drug-likeness (QED) is 0.323. The molecule has 1 aliphatic heterocycles. The molecule has 1 saturated carbocycles. The highest BCUT2D eigenvalue weighted by Crippen LogP contribution is 2.37. The van der Waals surface area contributed by atoms with Crippen molar-refractivity contribution in [2.45, 2.75) is 31.2 Å². The van der Waals surface area contributed by atoms with Crippen LogP contribution in [0.25, 0.3) is 0 Å². The molecule has 122 valence electrons. The maximum absolute atomic E-state index is 11.8.